The molecule has 0 aromatic carbocycles. The first kappa shape index (κ1) is 17.2. The Morgan fingerprint density at radius 3 is 2.15 bits per heavy atom. The molecule has 0 aliphatic heterocycles. The summed E-state index contributed by atoms with van der Waals surface area (Å²) >= 11 is 0. The molecule has 3 nitrogen and oxygen atoms in total. The maximum Gasteiger partial charge on any atom is 0.192 e. The van der Waals surface area contributed by atoms with Gasteiger partial charge in [0.05, 0.1) is 6.61 Å². The monoisotopic (exact) mass is 296 g/mol. The smallest absolute Gasteiger partial charge is 0.192 e. The van der Waals surface area contributed by atoms with Crippen LogP contribution in [0.3, 0.4) is 0 Å². The second kappa shape index (κ2) is 5.49. The van der Waals surface area contributed by atoms with E-state index >= 15 is 0 Å². The van der Waals surface area contributed by atoms with E-state index in [0.717, 1.165) is 17.6 Å². The Labute approximate surface area is 123 Å². The third kappa shape index (κ3) is 3.82. The van der Waals surface area contributed by atoms with Crippen molar-refractivity contribution >= 4 is 14.6 Å². The molecule has 1 rings (SSSR count). The van der Waals surface area contributed by atoms with Crippen LogP contribution in [0.2, 0.25) is 18.1 Å². The van der Waals surface area contributed by atoms with Crippen LogP contribution < -0.4 is 0 Å². The summed E-state index contributed by atoms with van der Waals surface area (Å²) in [4.78, 5) is 10.9. The molecule has 1 heterocycles. The molecule has 0 radical (unpaired) electrons. The summed E-state index contributed by atoms with van der Waals surface area (Å²) in [5.41, 5.74) is 0.859. The fourth-order valence-electron chi connectivity index (χ4n) is 1.72. The average molecular weight is 296 g/mol. The zero-order chi connectivity index (χ0) is 15.8. The van der Waals surface area contributed by atoms with Crippen molar-refractivity contribution in [2.75, 3.05) is 0 Å². The van der Waals surface area contributed by atoms with Gasteiger partial charge in [-0.05, 0) is 24.2 Å². The van der Waals surface area contributed by atoms with Crippen molar-refractivity contribution in [1.29, 1.82) is 0 Å². The van der Waals surface area contributed by atoms with Gasteiger partial charge in [0.15, 0.2) is 20.4 Å². The third-order valence-corrected chi connectivity index (χ3v) is 8.50. The molecule has 0 saturated carbocycles. The minimum atomic E-state index is -1.80. The molecule has 0 aliphatic carbocycles. The molecule has 20 heavy (non-hydrogen) atoms. The topological polar surface area (TPSA) is 39.4 Å². The van der Waals surface area contributed by atoms with E-state index in [-0.39, 0.29) is 10.5 Å². The van der Waals surface area contributed by atoms with Crippen LogP contribution >= 0.6 is 0 Å². The standard InChI is InChI=1S/C16H28O3Si/c1-15(2,3)14-12(9-13(10-17)19-14)11-18-20(7,8)16(4,5)6/h9-10H,11H2,1-8H3. The van der Waals surface area contributed by atoms with E-state index in [2.05, 4.69) is 54.6 Å². The van der Waals surface area contributed by atoms with Gasteiger partial charge >= 0.3 is 0 Å². The summed E-state index contributed by atoms with van der Waals surface area (Å²) in [7, 11) is -1.80. The van der Waals surface area contributed by atoms with Crippen molar-refractivity contribution < 1.29 is 13.6 Å². The summed E-state index contributed by atoms with van der Waals surface area (Å²) in [6, 6.07) is 1.81. The largest absolute Gasteiger partial charge is 0.457 e. The number of carbonyl (C=O) groups excluding carboxylic acids is 1. The van der Waals surface area contributed by atoms with E-state index in [4.69, 9.17) is 8.84 Å². The first-order valence-corrected chi connectivity index (χ1v) is 10.0. The number of carbonyl (C=O) groups is 1. The van der Waals surface area contributed by atoms with Gasteiger partial charge in [-0.15, -0.1) is 0 Å². The van der Waals surface area contributed by atoms with Gasteiger partial charge in [0.2, 0.25) is 0 Å². The lowest BCUT2D eigenvalue weighted by Crippen LogP contribution is -2.40. The molecule has 0 amide bonds. The molecule has 1 aromatic rings. The van der Waals surface area contributed by atoms with Gasteiger partial charge < -0.3 is 8.84 Å². The second-order valence-corrected chi connectivity index (χ2v) is 12.7. The molecule has 0 saturated heterocycles. The molecule has 0 aliphatic rings. The maximum atomic E-state index is 10.9. The van der Waals surface area contributed by atoms with Gasteiger partial charge in [-0.3, -0.25) is 4.79 Å². The van der Waals surface area contributed by atoms with E-state index in [1.54, 1.807) is 6.07 Å². The number of aldehydes is 1. The molecule has 114 valence electrons. The Kier molecular flexibility index (Phi) is 4.71. The van der Waals surface area contributed by atoms with Crippen molar-refractivity contribution in [2.45, 2.75) is 71.7 Å². The Hall–Kier alpha value is -0.873. The van der Waals surface area contributed by atoms with Gasteiger partial charge in [0.1, 0.15) is 5.76 Å². The minimum absolute atomic E-state index is 0.132. The Morgan fingerprint density at radius 2 is 1.75 bits per heavy atom. The number of hydrogen-bond donors (Lipinski definition) is 0. The minimum Gasteiger partial charge on any atom is -0.457 e. The van der Waals surface area contributed by atoms with E-state index in [1.165, 1.54) is 0 Å². The second-order valence-electron chi connectivity index (χ2n) is 7.92. The van der Waals surface area contributed by atoms with Gasteiger partial charge in [0, 0.05) is 11.0 Å². The van der Waals surface area contributed by atoms with E-state index in [1.807, 2.05) is 0 Å². The van der Waals surface area contributed by atoms with Crippen LogP contribution in [0.15, 0.2) is 10.5 Å². The lowest BCUT2D eigenvalue weighted by atomic mass is 9.91. The van der Waals surface area contributed by atoms with Crippen LogP contribution in [0.25, 0.3) is 0 Å². The molecular weight excluding hydrogens is 268 g/mol. The van der Waals surface area contributed by atoms with Crippen molar-refractivity contribution in [2.24, 2.45) is 0 Å². The summed E-state index contributed by atoms with van der Waals surface area (Å²) in [6.45, 7) is 17.9. The Balaban J connectivity index is 2.99. The molecule has 0 unspecified atom stereocenters. The predicted molar refractivity (Wildman–Crippen MR) is 84.8 cm³/mol. The third-order valence-electron chi connectivity index (χ3n) is 4.02. The van der Waals surface area contributed by atoms with Crippen molar-refractivity contribution in [3.63, 3.8) is 0 Å². The highest BCUT2D eigenvalue weighted by atomic mass is 28.4. The summed E-state index contributed by atoms with van der Waals surface area (Å²) < 4.78 is 11.9. The SMILES string of the molecule is CC(C)(C)c1oc(C=O)cc1CO[Si](C)(C)C(C)(C)C. The lowest BCUT2D eigenvalue weighted by molar-refractivity contribution is 0.109. The quantitative estimate of drug-likeness (QED) is 0.585. The molecule has 0 spiro atoms. The summed E-state index contributed by atoms with van der Waals surface area (Å²) in [5.74, 6) is 1.22. The van der Waals surface area contributed by atoms with Crippen molar-refractivity contribution in [3.8, 4) is 0 Å². The van der Waals surface area contributed by atoms with Gasteiger partial charge in [-0.1, -0.05) is 41.5 Å². The average Bonchev–Trinajstić information content (AvgIpc) is 2.67. The Bertz CT molecular complexity index is 473. The normalized spacial score (nSPS) is 13.6. The lowest BCUT2D eigenvalue weighted by Gasteiger charge is -2.36. The van der Waals surface area contributed by atoms with Gasteiger partial charge in [-0.2, -0.15) is 0 Å². The van der Waals surface area contributed by atoms with E-state index in [0.29, 0.717) is 12.4 Å². The molecule has 0 bridgehead atoms. The molecule has 1 aromatic heterocycles. The fraction of sp³-hybridized carbons (Fsp3) is 0.688. The number of furan rings is 1. The van der Waals surface area contributed by atoms with Gasteiger partial charge in [0.25, 0.3) is 0 Å². The Morgan fingerprint density at radius 1 is 1.20 bits per heavy atom. The number of hydrogen-bond acceptors (Lipinski definition) is 3. The van der Waals surface area contributed by atoms with Gasteiger partial charge in [-0.25, -0.2) is 0 Å². The molecule has 0 fully saturated rings. The zero-order valence-electron chi connectivity index (χ0n) is 14.1. The predicted octanol–water partition coefficient (Wildman–Crippen LogP) is 4.91. The van der Waals surface area contributed by atoms with E-state index in [9.17, 15) is 4.79 Å². The molecule has 0 N–H and O–H groups in total. The van der Waals surface area contributed by atoms with Crippen LogP contribution in [-0.2, 0) is 16.4 Å². The highest BCUT2D eigenvalue weighted by molar-refractivity contribution is 6.74. The number of rotatable bonds is 4. The molecule has 4 heteroatoms. The summed E-state index contributed by atoms with van der Waals surface area (Å²) in [5, 5.41) is 0.173. The molecule has 0 atom stereocenters. The highest BCUT2D eigenvalue weighted by Gasteiger charge is 2.37. The fourth-order valence-corrected chi connectivity index (χ4v) is 2.67. The zero-order valence-corrected chi connectivity index (χ0v) is 15.1. The van der Waals surface area contributed by atoms with Crippen LogP contribution in [0.5, 0.6) is 0 Å². The highest BCUT2D eigenvalue weighted by Crippen LogP contribution is 2.38. The van der Waals surface area contributed by atoms with Crippen LogP contribution in [0.4, 0.5) is 0 Å². The van der Waals surface area contributed by atoms with Crippen molar-refractivity contribution in [1.82, 2.24) is 0 Å². The van der Waals surface area contributed by atoms with Crippen molar-refractivity contribution in [3.05, 3.63) is 23.2 Å². The van der Waals surface area contributed by atoms with Crippen LogP contribution in [-0.4, -0.2) is 14.6 Å². The first-order valence-electron chi connectivity index (χ1n) is 7.11. The summed E-state index contributed by atoms with van der Waals surface area (Å²) in [6.07, 6.45) is 0.755. The van der Waals surface area contributed by atoms with E-state index < -0.39 is 8.32 Å². The molecular formula is C16H28O3Si. The van der Waals surface area contributed by atoms with Crippen LogP contribution in [0, 0.1) is 0 Å². The first-order chi connectivity index (χ1) is 8.88. The van der Waals surface area contributed by atoms with Crippen LogP contribution in [0.1, 0.15) is 63.4 Å². The maximum absolute atomic E-state index is 10.9.